The van der Waals surface area contributed by atoms with Gasteiger partial charge in [0, 0.05) is 12.2 Å². The fraction of sp³-hybridized carbons (Fsp3) is 0.389. The maximum Gasteiger partial charge on any atom is 0.308 e. The van der Waals surface area contributed by atoms with Crippen molar-refractivity contribution >= 4 is 11.9 Å². The van der Waals surface area contributed by atoms with E-state index >= 15 is 0 Å². The number of carboxylic acids is 1. The third-order valence-corrected chi connectivity index (χ3v) is 3.82. The number of ether oxygens (including phenoxy) is 1. The molecule has 1 amide bonds. The highest BCUT2D eigenvalue weighted by atomic mass is 16.5. The van der Waals surface area contributed by atoms with E-state index in [1.54, 1.807) is 6.07 Å². The Morgan fingerprint density at radius 3 is 2.56 bits per heavy atom. The van der Waals surface area contributed by atoms with Crippen LogP contribution in [0.1, 0.15) is 35.6 Å². The molecule has 0 aliphatic heterocycles. The molecule has 134 valence electrons. The first-order valence-corrected chi connectivity index (χ1v) is 8.30. The summed E-state index contributed by atoms with van der Waals surface area (Å²) in [5, 5.41) is 18.7. The van der Waals surface area contributed by atoms with E-state index in [4.69, 9.17) is 4.74 Å². The Labute approximate surface area is 146 Å². The van der Waals surface area contributed by atoms with E-state index in [2.05, 4.69) is 15.5 Å². The van der Waals surface area contributed by atoms with Crippen LogP contribution in [0.2, 0.25) is 0 Å². The minimum Gasteiger partial charge on any atom is -0.494 e. The number of nitrogens with zero attached hydrogens (tertiary/aromatic N) is 1. The van der Waals surface area contributed by atoms with E-state index in [1.807, 2.05) is 38.1 Å². The highest BCUT2D eigenvalue weighted by Gasteiger charge is 2.20. The van der Waals surface area contributed by atoms with Gasteiger partial charge in [-0.25, -0.2) is 0 Å². The van der Waals surface area contributed by atoms with Crippen molar-refractivity contribution in [3.05, 3.63) is 47.3 Å². The van der Waals surface area contributed by atoms with E-state index < -0.39 is 11.9 Å². The van der Waals surface area contributed by atoms with Crippen molar-refractivity contribution in [3.8, 4) is 5.75 Å². The van der Waals surface area contributed by atoms with Crippen LogP contribution >= 0.6 is 0 Å². The number of carboxylic acid groups (broad SMARTS) is 1. The second-order valence-electron chi connectivity index (χ2n) is 5.66. The van der Waals surface area contributed by atoms with Crippen molar-refractivity contribution in [1.29, 1.82) is 0 Å². The van der Waals surface area contributed by atoms with Crippen LogP contribution in [0, 0.1) is 5.92 Å². The number of hydrogen-bond donors (Lipinski definition) is 3. The molecule has 2 rings (SSSR count). The summed E-state index contributed by atoms with van der Waals surface area (Å²) in [7, 11) is 0. The average Bonchev–Trinajstić information content (AvgIpc) is 3.09. The van der Waals surface area contributed by atoms with Crippen LogP contribution in [0.4, 0.5) is 0 Å². The number of nitrogens with one attached hydrogen (secondary N) is 2. The second-order valence-corrected chi connectivity index (χ2v) is 5.66. The van der Waals surface area contributed by atoms with E-state index in [1.165, 1.54) is 0 Å². The van der Waals surface area contributed by atoms with E-state index in [0.717, 1.165) is 23.4 Å². The van der Waals surface area contributed by atoms with Crippen molar-refractivity contribution in [2.24, 2.45) is 5.92 Å². The first kappa shape index (κ1) is 18.5. The second kappa shape index (κ2) is 8.86. The number of amides is 1. The van der Waals surface area contributed by atoms with Gasteiger partial charge in [0.1, 0.15) is 11.4 Å². The smallest absolute Gasteiger partial charge is 0.308 e. The number of H-pyrrole nitrogens is 1. The molecule has 0 saturated carbocycles. The van der Waals surface area contributed by atoms with Crippen LogP contribution in [0.15, 0.2) is 30.3 Å². The minimum atomic E-state index is -0.953. The summed E-state index contributed by atoms with van der Waals surface area (Å²) in [4.78, 5) is 23.5. The molecule has 1 unspecified atom stereocenters. The van der Waals surface area contributed by atoms with Crippen LogP contribution in [0.25, 0.3) is 0 Å². The maximum absolute atomic E-state index is 12.1. The number of rotatable bonds is 9. The molecule has 1 aromatic carbocycles. The van der Waals surface area contributed by atoms with Gasteiger partial charge in [-0.3, -0.25) is 14.7 Å². The lowest BCUT2D eigenvalue weighted by Crippen LogP contribution is -2.34. The Hall–Kier alpha value is -2.83. The van der Waals surface area contributed by atoms with Gasteiger partial charge >= 0.3 is 5.97 Å². The number of aliphatic carboxylic acids is 1. The molecule has 0 radical (unpaired) electrons. The fourth-order valence-corrected chi connectivity index (χ4v) is 2.39. The molecule has 1 atom stereocenters. The Kier molecular flexibility index (Phi) is 6.56. The number of carbonyl (C=O) groups excluding carboxylic acids is 1. The van der Waals surface area contributed by atoms with Gasteiger partial charge < -0.3 is 15.2 Å². The summed E-state index contributed by atoms with van der Waals surface area (Å²) in [6.07, 6.45) is 1.07. The zero-order chi connectivity index (χ0) is 18.2. The summed E-state index contributed by atoms with van der Waals surface area (Å²) in [6, 6.07) is 8.96. The SMILES string of the molecule is CCOc1ccc(CC(CNC(=O)c2cc(CC)[nH]n2)C(=O)O)cc1. The van der Waals surface area contributed by atoms with Gasteiger partial charge in [-0.2, -0.15) is 5.10 Å². The third-order valence-electron chi connectivity index (χ3n) is 3.82. The van der Waals surface area contributed by atoms with Crippen LogP contribution in [-0.2, 0) is 17.6 Å². The van der Waals surface area contributed by atoms with Crippen molar-refractivity contribution in [2.75, 3.05) is 13.2 Å². The lowest BCUT2D eigenvalue weighted by Gasteiger charge is -2.13. The maximum atomic E-state index is 12.1. The molecule has 7 heteroatoms. The van der Waals surface area contributed by atoms with Crippen molar-refractivity contribution in [1.82, 2.24) is 15.5 Å². The van der Waals surface area contributed by atoms with Gasteiger partial charge in [0.05, 0.1) is 12.5 Å². The predicted molar refractivity (Wildman–Crippen MR) is 92.7 cm³/mol. The Morgan fingerprint density at radius 1 is 1.28 bits per heavy atom. The lowest BCUT2D eigenvalue weighted by molar-refractivity contribution is -0.141. The first-order chi connectivity index (χ1) is 12.0. The van der Waals surface area contributed by atoms with Gasteiger partial charge in [0.2, 0.25) is 0 Å². The van der Waals surface area contributed by atoms with Gasteiger partial charge in [-0.1, -0.05) is 19.1 Å². The van der Waals surface area contributed by atoms with Gasteiger partial charge in [0.15, 0.2) is 0 Å². The molecular weight excluding hydrogens is 322 g/mol. The molecule has 2 aromatic rings. The van der Waals surface area contributed by atoms with Crippen LogP contribution in [0.3, 0.4) is 0 Å². The Bertz CT molecular complexity index is 709. The van der Waals surface area contributed by atoms with Gasteiger partial charge in [0.25, 0.3) is 5.91 Å². The molecule has 0 aliphatic carbocycles. The number of benzene rings is 1. The zero-order valence-electron chi connectivity index (χ0n) is 14.4. The monoisotopic (exact) mass is 345 g/mol. The third kappa shape index (κ3) is 5.34. The molecule has 7 nitrogen and oxygen atoms in total. The zero-order valence-corrected chi connectivity index (χ0v) is 14.4. The standard InChI is InChI=1S/C18H23N3O4/c1-3-14-10-16(21-20-14)17(22)19-11-13(18(23)24)9-12-5-7-15(8-6-12)25-4-2/h5-8,10,13H,3-4,9,11H2,1-2H3,(H,19,22)(H,20,21)(H,23,24). The van der Waals surface area contributed by atoms with Crippen molar-refractivity contribution in [2.45, 2.75) is 26.7 Å². The largest absolute Gasteiger partial charge is 0.494 e. The molecule has 0 bridgehead atoms. The quantitative estimate of drug-likeness (QED) is 0.645. The fourth-order valence-electron chi connectivity index (χ4n) is 2.39. The summed E-state index contributed by atoms with van der Waals surface area (Å²) < 4.78 is 5.37. The van der Waals surface area contributed by atoms with Gasteiger partial charge in [-0.05, 0) is 43.5 Å². The van der Waals surface area contributed by atoms with Crippen LogP contribution < -0.4 is 10.1 Å². The average molecular weight is 345 g/mol. The Morgan fingerprint density at radius 2 is 2.00 bits per heavy atom. The topological polar surface area (TPSA) is 104 Å². The highest BCUT2D eigenvalue weighted by molar-refractivity contribution is 5.92. The summed E-state index contributed by atoms with van der Waals surface area (Å²) in [5.41, 5.74) is 1.99. The molecule has 3 N–H and O–H groups in total. The number of hydrogen-bond acceptors (Lipinski definition) is 4. The predicted octanol–water partition coefficient (Wildman–Crippen LogP) is 2.04. The lowest BCUT2D eigenvalue weighted by atomic mass is 9.99. The van der Waals surface area contributed by atoms with Gasteiger partial charge in [-0.15, -0.1) is 0 Å². The number of aromatic amines is 1. The summed E-state index contributed by atoms with van der Waals surface area (Å²) in [5.74, 6) is -1.30. The van der Waals surface area contributed by atoms with Crippen LogP contribution in [0.5, 0.6) is 5.75 Å². The molecule has 1 aromatic heterocycles. The molecule has 0 saturated heterocycles. The first-order valence-electron chi connectivity index (χ1n) is 8.30. The molecule has 0 fully saturated rings. The summed E-state index contributed by atoms with van der Waals surface area (Å²) >= 11 is 0. The van der Waals surface area contributed by atoms with E-state index in [0.29, 0.717) is 13.0 Å². The highest BCUT2D eigenvalue weighted by Crippen LogP contribution is 2.15. The minimum absolute atomic E-state index is 0.0374. The summed E-state index contributed by atoms with van der Waals surface area (Å²) in [6.45, 7) is 4.47. The van der Waals surface area contributed by atoms with Crippen molar-refractivity contribution < 1.29 is 19.4 Å². The number of aromatic nitrogens is 2. The normalized spacial score (nSPS) is 11.8. The molecule has 0 aliphatic rings. The molecule has 0 spiro atoms. The van der Waals surface area contributed by atoms with E-state index in [9.17, 15) is 14.7 Å². The molecule has 25 heavy (non-hydrogen) atoms. The molecule has 1 heterocycles. The number of carbonyl (C=O) groups is 2. The molecular formula is C18H23N3O4. The number of aryl methyl sites for hydroxylation is 1. The Balaban J connectivity index is 1.93. The van der Waals surface area contributed by atoms with E-state index in [-0.39, 0.29) is 18.1 Å². The van der Waals surface area contributed by atoms with Crippen LogP contribution in [-0.4, -0.2) is 40.3 Å². The van der Waals surface area contributed by atoms with Crippen molar-refractivity contribution in [3.63, 3.8) is 0 Å².